The molecule has 4 aliphatic rings. The third-order valence-electron chi connectivity index (χ3n) is 10.4. The summed E-state index contributed by atoms with van der Waals surface area (Å²) in [5.74, 6) is -7.89. The molecule has 0 aromatic heterocycles. The smallest absolute Gasteiger partial charge is 0.341 e. The number of allylic oxidation sites excluding steroid dienone is 2. The number of benzene rings is 2. The number of ketones is 4. The zero-order valence-electron chi connectivity index (χ0n) is 28.3. The highest BCUT2D eigenvalue weighted by Crippen LogP contribution is 2.58. The highest BCUT2D eigenvalue weighted by molar-refractivity contribution is 9.12. The number of fused-ring (bicyclic) bond motifs is 5. The van der Waals surface area contributed by atoms with E-state index in [0.717, 1.165) is 20.3 Å². The average Bonchev–Trinajstić information content (AvgIpc) is 3.10. The first-order valence-corrected chi connectivity index (χ1v) is 17.2. The molecule has 0 saturated carbocycles. The Labute approximate surface area is 311 Å². The van der Waals surface area contributed by atoms with Gasteiger partial charge in [0.15, 0.2) is 17.4 Å². The van der Waals surface area contributed by atoms with Crippen LogP contribution >= 0.6 is 31.9 Å². The molecule has 1 fully saturated rings. The average molecular weight is 855 g/mol. The van der Waals surface area contributed by atoms with Crippen molar-refractivity contribution in [2.75, 3.05) is 28.4 Å². The number of esters is 1. The fraction of sp³-hybridized carbons (Fsp3) is 0.441. The molecule has 6 rings (SSSR count). The van der Waals surface area contributed by atoms with E-state index in [-0.39, 0.29) is 15.6 Å². The van der Waals surface area contributed by atoms with Gasteiger partial charge in [0.2, 0.25) is 23.1 Å². The second-order valence-corrected chi connectivity index (χ2v) is 14.3. The third kappa shape index (κ3) is 4.72. The number of nitrogens with one attached hydrogen (secondary N) is 1. The number of aromatic hydroxyl groups is 2. The van der Waals surface area contributed by atoms with Crippen LogP contribution in [0.3, 0.4) is 0 Å². The lowest BCUT2D eigenvalue weighted by molar-refractivity contribution is -0.236. The summed E-state index contributed by atoms with van der Waals surface area (Å²) in [7, 11) is 4.59. The Morgan fingerprint density at radius 3 is 2.15 bits per heavy atom. The van der Waals surface area contributed by atoms with Crippen LogP contribution in [0.2, 0.25) is 0 Å². The molecule has 2 aromatic carbocycles. The maximum Gasteiger partial charge on any atom is 0.341 e. The highest BCUT2D eigenvalue weighted by Gasteiger charge is 2.73. The molecule has 1 saturated heterocycles. The molecule has 8 atom stereocenters. The molecule has 0 radical (unpaired) electrons. The minimum Gasteiger partial charge on any atom is -0.507 e. The van der Waals surface area contributed by atoms with Gasteiger partial charge in [0.1, 0.15) is 41.1 Å². The van der Waals surface area contributed by atoms with Crippen molar-refractivity contribution >= 4 is 61.0 Å². The molecule has 16 nitrogen and oxygen atoms in total. The van der Waals surface area contributed by atoms with Crippen molar-refractivity contribution in [3.8, 4) is 11.5 Å². The molecule has 0 bridgehead atoms. The van der Waals surface area contributed by atoms with E-state index in [0.29, 0.717) is 0 Å². The lowest BCUT2D eigenvalue weighted by Crippen LogP contribution is -2.73. The topological polar surface area (TPSA) is 245 Å². The molecule has 0 amide bonds. The fourth-order valence-electron chi connectivity index (χ4n) is 7.90. The number of rotatable bonds is 6. The van der Waals surface area contributed by atoms with Crippen LogP contribution in [0.5, 0.6) is 11.5 Å². The number of aliphatic hydroxyl groups is 3. The summed E-state index contributed by atoms with van der Waals surface area (Å²) in [5.41, 5.74) is -10.5. The molecular weight excluding hydrogens is 822 g/mol. The Hall–Kier alpha value is -3.59. The quantitative estimate of drug-likeness (QED) is 0.224. The molecule has 6 N–H and O–H groups in total. The molecular formula is C34H33Br2NO15. The van der Waals surface area contributed by atoms with Crippen molar-refractivity contribution in [1.29, 1.82) is 0 Å². The first-order chi connectivity index (χ1) is 24.4. The van der Waals surface area contributed by atoms with Crippen molar-refractivity contribution < 1.29 is 73.2 Å². The van der Waals surface area contributed by atoms with Gasteiger partial charge in [-0.1, -0.05) is 15.9 Å². The van der Waals surface area contributed by atoms with Crippen molar-refractivity contribution in [3.05, 3.63) is 65.2 Å². The third-order valence-corrected chi connectivity index (χ3v) is 12.2. The number of Topliss-reactive ketones (excluding diaryl/α,β-unsaturated/α-hetero) is 4. The van der Waals surface area contributed by atoms with E-state index in [4.69, 9.17) is 23.7 Å². The Bertz CT molecular complexity index is 2030. The van der Waals surface area contributed by atoms with Crippen molar-refractivity contribution in [1.82, 2.24) is 5.32 Å². The minimum absolute atomic E-state index is 0.0472. The Kier molecular flexibility index (Phi) is 9.58. The first-order valence-electron chi connectivity index (χ1n) is 15.6. The van der Waals surface area contributed by atoms with Crippen LogP contribution < -0.4 is 5.32 Å². The molecule has 0 unspecified atom stereocenters. The molecule has 52 heavy (non-hydrogen) atoms. The van der Waals surface area contributed by atoms with Gasteiger partial charge in [-0.2, -0.15) is 0 Å². The van der Waals surface area contributed by atoms with Gasteiger partial charge in [0.05, 0.1) is 34.9 Å². The van der Waals surface area contributed by atoms with E-state index >= 15 is 0 Å². The van der Waals surface area contributed by atoms with Crippen LogP contribution in [0.1, 0.15) is 75.4 Å². The fourth-order valence-corrected chi connectivity index (χ4v) is 8.95. The second-order valence-electron chi connectivity index (χ2n) is 12.8. The van der Waals surface area contributed by atoms with Gasteiger partial charge in [-0.25, -0.2) is 4.79 Å². The molecule has 3 aliphatic carbocycles. The predicted molar refractivity (Wildman–Crippen MR) is 182 cm³/mol. The summed E-state index contributed by atoms with van der Waals surface area (Å²) in [6, 6.07) is 0.833. The predicted octanol–water partition coefficient (Wildman–Crippen LogP) is 1.24. The number of halogens is 2. The summed E-state index contributed by atoms with van der Waals surface area (Å²) in [5, 5.41) is 60.9. The van der Waals surface area contributed by atoms with E-state index in [1.54, 1.807) is 6.92 Å². The minimum atomic E-state index is -3.28. The van der Waals surface area contributed by atoms with Gasteiger partial charge in [-0.3, -0.25) is 19.2 Å². The van der Waals surface area contributed by atoms with E-state index < -0.39 is 139 Å². The van der Waals surface area contributed by atoms with Gasteiger partial charge in [0.25, 0.3) is 0 Å². The standard InChI is InChI=1S/C34H33Br2NO15/c1-9-15(32(46)50-5)24(41)18-13(19(9)35)8-14(38)34(51-6)30(45)17-12(29(44)33(18,34)47)7-11-16(23(17)40)25(42)20(36)21(22(11)39)37-31-28(49-4)26(43)27(48-3)10(2)52-31/h7,10,14,26-28,31,37-38,40-41,43,47H,8H2,1-6H3/t10-,14+,26+,27-,28+,31-,33-,34+/m0/s1. The number of ether oxygens (including phenoxy) is 5. The summed E-state index contributed by atoms with van der Waals surface area (Å²) in [6.07, 6.45) is -7.63. The molecule has 1 aliphatic heterocycles. The summed E-state index contributed by atoms with van der Waals surface area (Å²) >= 11 is 6.41. The van der Waals surface area contributed by atoms with Gasteiger partial charge < -0.3 is 54.5 Å². The SMILES string of the molecule is COC(=O)c1c(C)c(Br)c2c(c1O)[C@]1(O)C(=O)c3cc4c(c(O)c3C(=O)[C@]1(OC)[C@H](O)C2)C(=O)C(Br)=C(N[C@H]1O[C@@H](C)[C@H](OC)[C@@H](O)[C@H]1OC)C4=O. The number of hydrogen-bond acceptors (Lipinski definition) is 16. The highest BCUT2D eigenvalue weighted by atomic mass is 79.9. The molecule has 18 heteroatoms. The number of aliphatic hydroxyl groups excluding tert-OH is 2. The number of hydrogen-bond donors (Lipinski definition) is 6. The second kappa shape index (κ2) is 13.1. The van der Waals surface area contributed by atoms with Crippen molar-refractivity contribution in [3.63, 3.8) is 0 Å². The zero-order valence-corrected chi connectivity index (χ0v) is 31.5. The van der Waals surface area contributed by atoms with Crippen molar-refractivity contribution in [2.24, 2.45) is 0 Å². The Balaban J connectivity index is 1.56. The summed E-state index contributed by atoms with van der Waals surface area (Å²) < 4.78 is 26.6. The van der Waals surface area contributed by atoms with Gasteiger partial charge in [-0.05, 0) is 47.0 Å². The number of methoxy groups -OCH3 is 4. The van der Waals surface area contributed by atoms with Gasteiger partial charge >= 0.3 is 5.97 Å². The van der Waals surface area contributed by atoms with Crippen LogP contribution in [0.15, 0.2) is 20.7 Å². The molecule has 278 valence electrons. The monoisotopic (exact) mass is 853 g/mol. The van der Waals surface area contributed by atoms with Crippen LogP contribution in [-0.4, -0.2) is 125 Å². The van der Waals surface area contributed by atoms with Crippen LogP contribution in [-0.2, 0) is 35.7 Å². The normalized spacial score (nSPS) is 31.1. The summed E-state index contributed by atoms with van der Waals surface area (Å²) in [6.45, 7) is 3.04. The van der Waals surface area contributed by atoms with E-state index in [9.17, 15) is 49.5 Å². The van der Waals surface area contributed by atoms with Gasteiger partial charge in [-0.15, -0.1) is 0 Å². The number of phenolic OH excluding ortho intramolecular Hbond substituents is 2. The van der Waals surface area contributed by atoms with Crippen LogP contribution in [0.25, 0.3) is 0 Å². The maximum absolute atomic E-state index is 14.7. The van der Waals surface area contributed by atoms with E-state index in [1.807, 2.05) is 0 Å². The van der Waals surface area contributed by atoms with E-state index in [2.05, 4.69) is 37.2 Å². The molecule has 0 spiro atoms. The zero-order chi connectivity index (χ0) is 38.5. The largest absolute Gasteiger partial charge is 0.507 e. The number of carbonyl (C=O) groups is 5. The van der Waals surface area contributed by atoms with E-state index in [1.165, 1.54) is 21.1 Å². The number of carbonyl (C=O) groups excluding carboxylic acids is 5. The molecule has 2 aromatic rings. The van der Waals surface area contributed by atoms with Crippen LogP contribution in [0, 0.1) is 6.92 Å². The lowest BCUT2D eigenvalue weighted by Gasteiger charge is -2.53. The lowest BCUT2D eigenvalue weighted by atomic mass is 9.56. The van der Waals surface area contributed by atoms with Crippen molar-refractivity contribution in [2.45, 2.75) is 68.2 Å². The molecule has 1 heterocycles. The van der Waals surface area contributed by atoms with Crippen LogP contribution in [0.4, 0.5) is 0 Å². The van der Waals surface area contributed by atoms with Gasteiger partial charge in [0, 0.05) is 48.9 Å². The number of phenols is 2. The summed E-state index contributed by atoms with van der Waals surface area (Å²) in [4.78, 5) is 70.1. The Morgan fingerprint density at radius 1 is 0.942 bits per heavy atom. The first kappa shape index (κ1) is 38.1. The maximum atomic E-state index is 14.7. The Morgan fingerprint density at radius 2 is 1.58 bits per heavy atom.